The van der Waals surface area contributed by atoms with Crippen LogP contribution in [0.25, 0.3) is 83.6 Å². The van der Waals surface area contributed by atoms with E-state index >= 15 is 0 Å². The normalized spacial score (nSPS) is 11.9. The molecule has 1 aliphatic heterocycles. The molecule has 0 spiro atoms. The average Bonchev–Trinajstić information content (AvgIpc) is 3.62. The van der Waals surface area contributed by atoms with Crippen molar-refractivity contribution in [2.45, 2.75) is 0 Å². The average molecular weight is 707 g/mol. The van der Waals surface area contributed by atoms with Crippen molar-refractivity contribution in [3.8, 4) is 74.0 Å². The van der Waals surface area contributed by atoms with Crippen molar-refractivity contribution in [1.82, 2.24) is 19.5 Å². The Morgan fingerprint density at radius 2 is 0.873 bits per heavy atom. The molecule has 0 unspecified atom stereocenters. The maximum atomic E-state index is 6.75. The lowest BCUT2D eigenvalue weighted by atomic mass is 10.0. The van der Waals surface area contributed by atoms with Crippen molar-refractivity contribution in [1.29, 1.82) is 0 Å². The third kappa shape index (κ3) is 5.15. The molecule has 2 aromatic heterocycles. The van der Waals surface area contributed by atoms with Crippen molar-refractivity contribution in [3.05, 3.63) is 182 Å². The minimum atomic E-state index is 0.622. The molecule has 0 saturated carbocycles. The molecule has 8 aromatic carbocycles. The van der Waals surface area contributed by atoms with Crippen LogP contribution < -0.4 is 9.47 Å². The smallest absolute Gasteiger partial charge is 0.195 e. The Morgan fingerprint density at radius 1 is 0.364 bits per heavy atom. The number of aromatic nitrogens is 4. The zero-order valence-corrected chi connectivity index (χ0v) is 29.4. The summed E-state index contributed by atoms with van der Waals surface area (Å²) in [7, 11) is 0. The number of para-hydroxylation sites is 3. The maximum absolute atomic E-state index is 6.75. The summed E-state index contributed by atoms with van der Waals surface area (Å²) in [6, 6.07) is 62.0. The first-order valence-corrected chi connectivity index (χ1v) is 18.3. The van der Waals surface area contributed by atoms with Crippen LogP contribution in [0.15, 0.2) is 182 Å². The Balaban J connectivity index is 1.04. The van der Waals surface area contributed by atoms with E-state index in [4.69, 9.17) is 24.4 Å². The van der Waals surface area contributed by atoms with Crippen LogP contribution in [0.3, 0.4) is 0 Å². The van der Waals surface area contributed by atoms with Gasteiger partial charge in [-0.15, -0.1) is 0 Å². The second-order valence-electron chi connectivity index (χ2n) is 13.6. The molecule has 0 radical (unpaired) electrons. The SMILES string of the molecule is c1ccc(-c2nc(-c3ccccc3)nc(-c3cccc(-c4ccc(-n5c6ccccc6c6c7ccccc7c7c(c65)Oc5ccccc5O7)cc4)c3)n2)cc1. The van der Waals surface area contributed by atoms with E-state index in [2.05, 4.69) is 102 Å². The van der Waals surface area contributed by atoms with Crippen LogP contribution >= 0.6 is 0 Å². The summed E-state index contributed by atoms with van der Waals surface area (Å²) in [5, 5.41) is 4.42. The molecular formula is C49H30N4O2. The third-order valence-electron chi connectivity index (χ3n) is 10.3. The number of rotatable bonds is 5. The van der Waals surface area contributed by atoms with Gasteiger partial charge >= 0.3 is 0 Å². The van der Waals surface area contributed by atoms with E-state index < -0.39 is 0 Å². The molecule has 6 heteroatoms. The summed E-state index contributed by atoms with van der Waals surface area (Å²) < 4.78 is 15.7. The van der Waals surface area contributed by atoms with Crippen molar-refractivity contribution < 1.29 is 9.47 Å². The molecule has 10 aromatic rings. The summed E-state index contributed by atoms with van der Waals surface area (Å²) in [4.78, 5) is 14.8. The highest BCUT2D eigenvalue weighted by atomic mass is 16.6. The molecule has 258 valence electrons. The first-order valence-electron chi connectivity index (χ1n) is 18.3. The van der Waals surface area contributed by atoms with Crippen molar-refractivity contribution in [3.63, 3.8) is 0 Å². The van der Waals surface area contributed by atoms with Crippen molar-refractivity contribution in [2.24, 2.45) is 0 Å². The molecule has 0 amide bonds. The molecule has 3 heterocycles. The second-order valence-corrected chi connectivity index (χ2v) is 13.6. The van der Waals surface area contributed by atoms with Gasteiger partial charge in [-0.3, -0.25) is 0 Å². The fraction of sp³-hybridized carbons (Fsp3) is 0. The predicted octanol–water partition coefficient (Wildman–Crippen LogP) is 12.7. The minimum Gasteiger partial charge on any atom is -0.449 e. The van der Waals surface area contributed by atoms with E-state index in [9.17, 15) is 0 Å². The fourth-order valence-corrected chi connectivity index (χ4v) is 7.74. The molecule has 0 fully saturated rings. The number of ether oxygens (including phenoxy) is 2. The maximum Gasteiger partial charge on any atom is 0.195 e. The monoisotopic (exact) mass is 706 g/mol. The standard InChI is InChI=1S/C49H30N4O2/c1-3-14-32(15-4-1)47-50-48(33-16-5-2-6-17-33)52-49(51-47)35-19-13-18-34(30-35)31-26-28-36(29-27-31)53-40-23-10-9-22-39(40)43-37-20-7-8-21-38(37)45-46(44(43)53)55-42-25-12-11-24-41(42)54-45/h1-30H. The Bertz CT molecular complexity index is 3030. The number of hydrogen-bond acceptors (Lipinski definition) is 5. The summed E-state index contributed by atoms with van der Waals surface area (Å²) in [6.07, 6.45) is 0. The van der Waals surface area contributed by atoms with Crippen LogP contribution in [-0.2, 0) is 0 Å². The van der Waals surface area contributed by atoms with Gasteiger partial charge < -0.3 is 14.0 Å². The van der Waals surface area contributed by atoms with Crippen LogP contribution in [0, 0.1) is 0 Å². The molecular weight excluding hydrogens is 677 g/mol. The van der Waals surface area contributed by atoms with E-state index in [-0.39, 0.29) is 0 Å². The second kappa shape index (κ2) is 12.5. The van der Waals surface area contributed by atoms with Crippen LogP contribution in [0.2, 0.25) is 0 Å². The van der Waals surface area contributed by atoms with Crippen molar-refractivity contribution in [2.75, 3.05) is 0 Å². The van der Waals surface area contributed by atoms with Gasteiger partial charge in [-0.05, 0) is 52.9 Å². The quantitative estimate of drug-likeness (QED) is 0.178. The lowest BCUT2D eigenvalue weighted by Gasteiger charge is -2.24. The van der Waals surface area contributed by atoms with Crippen LogP contribution in [0.1, 0.15) is 0 Å². The molecule has 6 nitrogen and oxygen atoms in total. The summed E-state index contributed by atoms with van der Waals surface area (Å²) in [6.45, 7) is 0. The number of nitrogens with zero attached hydrogens (tertiary/aromatic N) is 4. The Kier molecular flexibility index (Phi) is 7.07. The Morgan fingerprint density at radius 3 is 1.55 bits per heavy atom. The van der Waals surface area contributed by atoms with Gasteiger partial charge in [0.1, 0.15) is 5.52 Å². The molecule has 0 aliphatic carbocycles. The van der Waals surface area contributed by atoms with E-state index in [1.807, 2.05) is 84.9 Å². The molecule has 0 saturated heterocycles. The predicted molar refractivity (Wildman–Crippen MR) is 220 cm³/mol. The van der Waals surface area contributed by atoms with Gasteiger partial charge in [0.2, 0.25) is 0 Å². The molecule has 0 atom stereocenters. The molecule has 11 rings (SSSR count). The topological polar surface area (TPSA) is 62.1 Å². The molecule has 1 aliphatic rings. The van der Waals surface area contributed by atoms with E-state index in [0.717, 1.165) is 71.8 Å². The highest BCUT2D eigenvalue weighted by Gasteiger charge is 2.29. The van der Waals surface area contributed by atoms with Gasteiger partial charge in [0.05, 0.1) is 5.52 Å². The minimum absolute atomic E-state index is 0.622. The van der Waals surface area contributed by atoms with Crippen LogP contribution in [0.4, 0.5) is 0 Å². The largest absolute Gasteiger partial charge is 0.449 e. The highest BCUT2D eigenvalue weighted by molar-refractivity contribution is 6.25. The highest BCUT2D eigenvalue weighted by Crippen LogP contribution is 2.54. The van der Waals surface area contributed by atoms with Gasteiger partial charge in [-0.25, -0.2) is 15.0 Å². The van der Waals surface area contributed by atoms with Crippen molar-refractivity contribution >= 4 is 32.6 Å². The summed E-state index contributed by atoms with van der Waals surface area (Å²) in [5.74, 6) is 4.74. The van der Waals surface area contributed by atoms with E-state index in [1.165, 1.54) is 0 Å². The van der Waals surface area contributed by atoms with E-state index in [0.29, 0.717) is 34.7 Å². The van der Waals surface area contributed by atoms with E-state index in [1.54, 1.807) is 0 Å². The lowest BCUT2D eigenvalue weighted by molar-refractivity contribution is 0.366. The number of benzene rings is 8. The molecule has 0 N–H and O–H groups in total. The van der Waals surface area contributed by atoms with Gasteiger partial charge in [-0.1, -0.05) is 146 Å². The fourth-order valence-electron chi connectivity index (χ4n) is 7.74. The molecule has 0 bridgehead atoms. The number of fused-ring (bicyclic) bond motifs is 9. The Hall–Kier alpha value is -7.57. The van der Waals surface area contributed by atoms with Crippen LogP contribution in [-0.4, -0.2) is 19.5 Å². The first kappa shape index (κ1) is 31.0. The van der Waals surface area contributed by atoms with Gasteiger partial charge in [0.15, 0.2) is 40.5 Å². The first-order chi connectivity index (χ1) is 27.3. The zero-order chi connectivity index (χ0) is 36.3. The van der Waals surface area contributed by atoms with Gasteiger partial charge in [0, 0.05) is 38.5 Å². The zero-order valence-electron chi connectivity index (χ0n) is 29.4. The summed E-state index contributed by atoms with van der Waals surface area (Å²) in [5.41, 5.74) is 8.01. The third-order valence-corrected chi connectivity index (χ3v) is 10.3. The molecule has 55 heavy (non-hydrogen) atoms. The van der Waals surface area contributed by atoms with Gasteiger partial charge in [0.25, 0.3) is 0 Å². The lowest BCUT2D eigenvalue weighted by Crippen LogP contribution is -2.03. The van der Waals surface area contributed by atoms with Crippen LogP contribution in [0.5, 0.6) is 23.0 Å². The number of hydrogen-bond donors (Lipinski definition) is 0. The van der Waals surface area contributed by atoms with Gasteiger partial charge in [-0.2, -0.15) is 0 Å². The Labute approximate surface area is 316 Å². The summed E-state index contributed by atoms with van der Waals surface area (Å²) >= 11 is 0.